The molecule has 3 rings (SSSR count). The minimum Gasteiger partial charge on any atom is -0.370 e. The van der Waals surface area contributed by atoms with Crippen molar-refractivity contribution >= 4 is 36.0 Å². The van der Waals surface area contributed by atoms with E-state index in [1.54, 1.807) is 0 Å². The van der Waals surface area contributed by atoms with E-state index in [9.17, 15) is 0 Å². The summed E-state index contributed by atoms with van der Waals surface area (Å²) in [5.41, 5.74) is 7.45. The lowest BCUT2D eigenvalue weighted by Crippen LogP contribution is -2.33. The van der Waals surface area contributed by atoms with Gasteiger partial charge in [-0.05, 0) is 70.6 Å². The van der Waals surface area contributed by atoms with Crippen LogP contribution in [0, 0.1) is 0 Å². The van der Waals surface area contributed by atoms with Gasteiger partial charge >= 0.3 is 0 Å². The lowest BCUT2D eigenvalue weighted by atomic mass is 9.63. The zero-order chi connectivity index (χ0) is 21.1. The standard InChI is InChI=1S/C26H34OS2/c1-19(16-20-6-9-22(10-7-20)29-15-14-27-18-28)21-8-11-23-24(17-21)26(4,5)13-12-25(23,2)3/h6-11,16-17,28H,12-15,18H2,1-5H3. The summed E-state index contributed by atoms with van der Waals surface area (Å²) < 4.78 is 5.28. The van der Waals surface area contributed by atoms with Crippen molar-refractivity contribution in [3.8, 4) is 0 Å². The topological polar surface area (TPSA) is 9.23 Å². The minimum atomic E-state index is 0.247. The fourth-order valence-electron chi connectivity index (χ4n) is 4.11. The fourth-order valence-corrected chi connectivity index (χ4v) is 5.01. The number of hydrogen-bond donors (Lipinski definition) is 1. The molecule has 1 nitrogen and oxygen atoms in total. The Labute approximate surface area is 186 Å². The normalized spacial score (nSPS) is 17.8. The van der Waals surface area contributed by atoms with Gasteiger partial charge < -0.3 is 4.74 Å². The van der Waals surface area contributed by atoms with Gasteiger partial charge in [0.2, 0.25) is 0 Å². The molecule has 0 aromatic heterocycles. The van der Waals surface area contributed by atoms with E-state index in [0.717, 1.165) is 12.4 Å². The van der Waals surface area contributed by atoms with Crippen LogP contribution in [0.1, 0.15) is 69.7 Å². The Kier molecular flexibility index (Phi) is 7.24. The molecule has 0 fully saturated rings. The fraction of sp³-hybridized carbons (Fsp3) is 0.462. The van der Waals surface area contributed by atoms with Gasteiger partial charge in [-0.3, -0.25) is 0 Å². The summed E-state index contributed by atoms with van der Waals surface area (Å²) in [5, 5.41) is 0. The number of ether oxygens (including phenoxy) is 1. The third kappa shape index (κ3) is 5.51. The molecule has 0 amide bonds. The molecule has 0 bridgehead atoms. The molecule has 29 heavy (non-hydrogen) atoms. The Morgan fingerprint density at radius 1 is 1.00 bits per heavy atom. The summed E-state index contributed by atoms with van der Waals surface area (Å²) >= 11 is 5.88. The summed E-state index contributed by atoms with van der Waals surface area (Å²) in [6.07, 6.45) is 4.80. The molecule has 0 heterocycles. The number of benzene rings is 2. The summed E-state index contributed by atoms with van der Waals surface area (Å²) in [5.74, 6) is 1.44. The first-order chi connectivity index (χ1) is 13.7. The molecule has 0 aliphatic heterocycles. The number of rotatable bonds is 7. The van der Waals surface area contributed by atoms with Gasteiger partial charge in [0, 0.05) is 10.6 Å². The number of fused-ring (bicyclic) bond motifs is 1. The quantitative estimate of drug-likeness (QED) is 0.160. The zero-order valence-electron chi connectivity index (χ0n) is 18.4. The van der Waals surface area contributed by atoms with Crippen LogP contribution < -0.4 is 0 Å². The van der Waals surface area contributed by atoms with E-state index >= 15 is 0 Å². The van der Waals surface area contributed by atoms with Crippen LogP contribution in [0.3, 0.4) is 0 Å². The van der Waals surface area contributed by atoms with Crippen molar-refractivity contribution in [1.82, 2.24) is 0 Å². The van der Waals surface area contributed by atoms with Crippen LogP contribution in [0.4, 0.5) is 0 Å². The molecule has 0 spiro atoms. The van der Waals surface area contributed by atoms with E-state index in [1.165, 1.54) is 45.6 Å². The third-order valence-electron chi connectivity index (χ3n) is 6.16. The van der Waals surface area contributed by atoms with Gasteiger partial charge in [-0.25, -0.2) is 0 Å². The molecule has 0 saturated heterocycles. The van der Waals surface area contributed by atoms with Gasteiger partial charge in [0.1, 0.15) is 0 Å². The Bertz CT molecular complexity index is 863. The molecule has 0 atom stereocenters. The first-order valence-corrected chi connectivity index (χ1v) is 12.1. The third-order valence-corrected chi connectivity index (χ3v) is 7.32. The Hall–Kier alpha value is -1.16. The van der Waals surface area contributed by atoms with Crippen molar-refractivity contribution in [3.05, 3.63) is 64.7 Å². The maximum absolute atomic E-state index is 5.28. The van der Waals surface area contributed by atoms with Gasteiger partial charge in [-0.15, -0.1) is 11.8 Å². The molecule has 1 aliphatic carbocycles. The molecular weight excluding hydrogens is 392 g/mol. The highest BCUT2D eigenvalue weighted by Gasteiger charge is 2.36. The van der Waals surface area contributed by atoms with Gasteiger partial charge in [0.25, 0.3) is 0 Å². The van der Waals surface area contributed by atoms with E-state index in [4.69, 9.17) is 4.74 Å². The second-order valence-electron chi connectivity index (χ2n) is 9.31. The Morgan fingerprint density at radius 2 is 1.66 bits per heavy atom. The molecule has 0 N–H and O–H groups in total. The van der Waals surface area contributed by atoms with E-state index in [1.807, 2.05) is 11.8 Å². The summed E-state index contributed by atoms with van der Waals surface area (Å²) in [4.78, 5) is 1.28. The van der Waals surface area contributed by atoms with Crippen molar-refractivity contribution in [1.29, 1.82) is 0 Å². The molecule has 2 aromatic rings. The lowest BCUT2D eigenvalue weighted by molar-refractivity contribution is 0.203. The summed E-state index contributed by atoms with van der Waals surface area (Å²) in [6.45, 7) is 12.5. The van der Waals surface area contributed by atoms with E-state index in [0.29, 0.717) is 5.94 Å². The molecule has 0 unspecified atom stereocenters. The molecule has 1 aliphatic rings. The summed E-state index contributed by atoms with van der Waals surface area (Å²) in [7, 11) is 0. The van der Waals surface area contributed by atoms with Crippen LogP contribution in [0.2, 0.25) is 0 Å². The largest absolute Gasteiger partial charge is 0.370 e. The average molecular weight is 427 g/mol. The lowest BCUT2D eigenvalue weighted by Gasteiger charge is -2.42. The number of thioether (sulfide) groups is 1. The molecule has 3 heteroatoms. The number of hydrogen-bond acceptors (Lipinski definition) is 3. The number of thiol groups is 1. The van der Waals surface area contributed by atoms with Crippen LogP contribution in [0.25, 0.3) is 11.6 Å². The smallest absolute Gasteiger partial charge is 0.0892 e. The van der Waals surface area contributed by atoms with E-state index in [-0.39, 0.29) is 10.8 Å². The SMILES string of the molecule is CC(=Cc1ccc(SCCOCS)cc1)c1ccc2c(c1)C(C)(C)CCC2(C)C. The maximum Gasteiger partial charge on any atom is 0.0892 e. The van der Waals surface area contributed by atoms with Crippen molar-refractivity contribution in [3.63, 3.8) is 0 Å². The highest BCUT2D eigenvalue weighted by atomic mass is 32.2. The monoisotopic (exact) mass is 426 g/mol. The van der Waals surface area contributed by atoms with Gasteiger partial charge in [-0.1, -0.05) is 64.1 Å². The molecule has 2 aromatic carbocycles. The first-order valence-electron chi connectivity index (χ1n) is 10.5. The zero-order valence-corrected chi connectivity index (χ0v) is 20.1. The van der Waals surface area contributed by atoms with Gasteiger partial charge in [-0.2, -0.15) is 12.6 Å². The van der Waals surface area contributed by atoms with E-state index < -0.39 is 0 Å². The van der Waals surface area contributed by atoms with Crippen LogP contribution >= 0.6 is 24.4 Å². The van der Waals surface area contributed by atoms with Gasteiger partial charge in [0.15, 0.2) is 0 Å². The second kappa shape index (κ2) is 9.32. The second-order valence-corrected chi connectivity index (χ2v) is 10.7. The molecule has 156 valence electrons. The predicted octanol–water partition coefficient (Wildman–Crippen LogP) is 7.59. The van der Waals surface area contributed by atoms with Crippen LogP contribution in [-0.2, 0) is 15.6 Å². The number of allylic oxidation sites excluding steroid dienone is 1. The summed E-state index contributed by atoms with van der Waals surface area (Å²) in [6, 6.07) is 15.9. The van der Waals surface area contributed by atoms with Crippen molar-refractivity contribution in [2.45, 2.75) is 63.2 Å². The first kappa shape index (κ1) is 22.5. The van der Waals surface area contributed by atoms with Crippen molar-refractivity contribution in [2.24, 2.45) is 0 Å². The molecular formula is C26H34OS2. The highest BCUT2D eigenvalue weighted by molar-refractivity contribution is 7.99. The molecule has 0 radical (unpaired) electrons. The van der Waals surface area contributed by atoms with E-state index in [2.05, 4.69) is 95.8 Å². The van der Waals surface area contributed by atoms with Crippen LogP contribution in [0.5, 0.6) is 0 Å². The van der Waals surface area contributed by atoms with Crippen LogP contribution in [-0.4, -0.2) is 18.3 Å². The minimum absolute atomic E-state index is 0.247. The maximum atomic E-state index is 5.28. The van der Waals surface area contributed by atoms with Crippen molar-refractivity contribution in [2.75, 3.05) is 18.3 Å². The molecule has 0 saturated carbocycles. The Balaban J connectivity index is 1.78. The van der Waals surface area contributed by atoms with Crippen LogP contribution in [0.15, 0.2) is 47.4 Å². The average Bonchev–Trinajstić information content (AvgIpc) is 2.70. The van der Waals surface area contributed by atoms with Gasteiger partial charge in [0.05, 0.1) is 12.5 Å². The Morgan fingerprint density at radius 3 is 2.31 bits per heavy atom. The predicted molar refractivity (Wildman–Crippen MR) is 132 cm³/mol. The van der Waals surface area contributed by atoms with Crippen molar-refractivity contribution < 1.29 is 4.74 Å². The highest BCUT2D eigenvalue weighted by Crippen LogP contribution is 2.46.